The fourth-order valence-corrected chi connectivity index (χ4v) is 7.81. The Hall–Kier alpha value is -5.32. The third-order valence-electron chi connectivity index (χ3n) is 8.66. The predicted molar refractivity (Wildman–Crippen MR) is 186 cm³/mol. The summed E-state index contributed by atoms with van der Waals surface area (Å²) in [6.07, 6.45) is 8.81. The molecular weight excluding hydrogens is 555 g/mol. The van der Waals surface area contributed by atoms with E-state index in [4.69, 9.17) is 9.97 Å². The summed E-state index contributed by atoms with van der Waals surface area (Å²) in [6.45, 7) is 0. The molecule has 0 bridgehead atoms. The first kappa shape index (κ1) is 25.2. The molecule has 1 aliphatic carbocycles. The summed E-state index contributed by atoms with van der Waals surface area (Å²) in [5, 5.41) is 5.06. The van der Waals surface area contributed by atoms with Crippen LogP contribution >= 0.6 is 11.3 Å². The molecule has 0 fully saturated rings. The van der Waals surface area contributed by atoms with Crippen molar-refractivity contribution in [1.29, 1.82) is 0 Å². The lowest BCUT2D eigenvalue weighted by Crippen LogP contribution is -2.05. The van der Waals surface area contributed by atoms with E-state index in [0.717, 1.165) is 46.4 Å². The van der Waals surface area contributed by atoms with Gasteiger partial charge in [0.2, 0.25) is 5.95 Å². The van der Waals surface area contributed by atoms with Crippen LogP contribution in [0.1, 0.15) is 18.5 Å². The Labute approximate surface area is 259 Å². The highest BCUT2D eigenvalue weighted by Crippen LogP contribution is 2.44. The molecule has 0 unspecified atom stereocenters. The summed E-state index contributed by atoms with van der Waals surface area (Å²) in [6, 6.07) is 43.3. The number of rotatable bonds is 4. The van der Waals surface area contributed by atoms with E-state index in [2.05, 4.69) is 138 Å². The second-order valence-corrected chi connectivity index (χ2v) is 12.4. The minimum Gasteiger partial charge on any atom is -0.278 e. The Kier molecular flexibility index (Phi) is 5.81. The van der Waals surface area contributed by atoms with Crippen molar-refractivity contribution in [3.63, 3.8) is 0 Å². The quantitative estimate of drug-likeness (QED) is 0.207. The third-order valence-corrected chi connectivity index (χ3v) is 9.86. The van der Waals surface area contributed by atoms with E-state index in [-0.39, 0.29) is 0 Å². The number of hydrogen-bond donors (Lipinski definition) is 0. The van der Waals surface area contributed by atoms with Gasteiger partial charge in [0.1, 0.15) is 0 Å². The van der Waals surface area contributed by atoms with Crippen molar-refractivity contribution in [2.45, 2.75) is 12.8 Å². The van der Waals surface area contributed by atoms with Gasteiger partial charge in [-0.25, -0.2) is 9.97 Å². The maximum atomic E-state index is 5.29. The average molecular weight is 582 g/mol. The van der Waals surface area contributed by atoms with Crippen LogP contribution in [0.4, 0.5) is 0 Å². The Morgan fingerprint density at radius 1 is 0.568 bits per heavy atom. The van der Waals surface area contributed by atoms with Crippen LogP contribution in [-0.2, 0) is 0 Å². The monoisotopic (exact) mass is 581 g/mol. The fraction of sp³-hybridized carbons (Fsp3) is 0.0500. The molecule has 0 atom stereocenters. The molecular formula is C40H27N3S. The molecule has 0 amide bonds. The van der Waals surface area contributed by atoms with Crippen molar-refractivity contribution in [2.75, 3.05) is 0 Å². The SMILES string of the molecule is C1=CC(c2cc(-c3ccccc3)nc(-n3c4cc(-c5ccccc5)ccc4c4c5sc6ccccc6c5ccc43)n2)=CCC1. The van der Waals surface area contributed by atoms with E-state index in [0.29, 0.717) is 5.95 Å². The number of aromatic nitrogens is 3. The zero-order valence-corrected chi connectivity index (χ0v) is 24.8. The van der Waals surface area contributed by atoms with Gasteiger partial charge in [0.25, 0.3) is 0 Å². The normalized spacial score (nSPS) is 13.3. The second kappa shape index (κ2) is 10.1. The van der Waals surface area contributed by atoms with Gasteiger partial charge in [-0.2, -0.15) is 0 Å². The van der Waals surface area contributed by atoms with Gasteiger partial charge in [-0.05, 0) is 53.8 Å². The van der Waals surface area contributed by atoms with Gasteiger partial charge >= 0.3 is 0 Å². The first-order valence-electron chi connectivity index (χ1n) is 15.1. The van der Waals surface area contributed by atoms with Gasteiger partial charge < -0.3 is 0 Å². The van der Waals surface area contributed by atoms with Crippen LogP contribution in [0.25, 0.3) is 75.9 Å². The molecule has 3 nitrogen and oxygen atoms in total. The van der Waals surface area contributed by atoms with E-state index >= 15 is 0 Å². The zero-order valence-electron chi connectivity index (χ0n) is 23.9. The van der Waals surface area contributed by atoms with Crippen molar-refractivity contribution in [1.82, 2.24) is 14.5 Å². The highest BCUT2D eigenvalue weighted by atomic mass is 32.1. The molecule has 4 heteroatoms. The summed E-state index contributed by atoms with van der Waals surface area (Å²) in [5.74, 6) is 0.687. The van der Waals surface area contributed by atoms with E-state index in [1.807, 2.05) is 17.4 Å². The van der Waals surface area contributed by atoms with Crippen LogP contribution in [-0.4, -0.2) is 14.5 Å². The van der Waals surface area contributed by atoms with Crippen LogP contribution in [0.3, 0.4) is 0 Å². The number of hydrogen-bond acceptors (Lipinski definition) is 3. The fourth-order valence-electron chi connectivity index (χ4n) is 6.55. The average Bonchev–Trinajstić information content (AvgIpc) is 3.64. The van der Waals surface area contributed by atoms with Crippen molar-refractivity contribution < 1.29 is 0 Å². The number of benzene rings is 5. The number of allylic oxidation sites excluding steroid dienone is 4. The third kappa shape index (κ3) is 4.03. The molecule has 5 aromatic carbocycles. The lowest BCUT2D eigenvalue weighted by atomic mass is 10.0. The molecule has 208 valence electrons. The number of fused-ring (bicyclic) bond motifs is 7. The molecule has 0 radical (unpaired) electrons. The molecule has 1 aliphatic rings. The molecule has 0 saturated heterocycles. The van der Waals surface area contributed by atoms with Gasteiger partial charge in [-0.15, -0.1) is 11.3 Å². The topological polar surface area (TPSA) is 30.7 Å². The standard InChI is InChI=1S/C40H27N3S/c1-4-12-26(13-5-1)29-20-21-32-36(24-29)43(35-23-22-31-30-18-10-11-19-37(30)44-39(31)38(32)35)40-41-33(27-14-6-2-7-15-27)25-34(42-40)28-16-8-3-9-17-28/h1-2,4-8,10-25H,3,9H2. The molecule has 8 aromatic rings. The van der Waals surface area contributed by atoms with Crippen LogP contribution in [0.5, 0.6) is 0 Å². The maximum absolute atomic E-state index is 5.29. The van der Waals surface area contributed by atoms with Crippen molar-refractivity contribution in [3.8, 4) is 28.3 Å². The van der Waals surface area contributed by atoms with Crippen LogP contribution in [0, 0.1) is 0 Å². The largest absolute Gasteiger partial charge is 0.278 e. The second-order valence-electron chi connectivity index (χ2n) is 11.3. The first-order chi connectivity index (χ1) is 21.8. The summed E-state index contributed by atoms with van der Waals surface area (Å²) < 4.78 is 4.89. The van der Waals surface area contributed by atoms with Crippen LogP contribution in [0.2, 0.25) is 0 Å². The van der Waals surface area contributed by atoms with Gasteiger partial charge in [0, 0.05) is 36.5 Å². The summed E-state index contributed by atoms with van der Waals surface area (Å²) in [5.41, 5.74) is 8.68. The van der Waals surface area contributed by atoms with Gasteiger partial charge in [-0.1, -0.05) is 115 Å². The molecule has 3 heterocycles. The molecule has 3 aromatic heterocycles. The molecule has 9 rings (SSSR count). The predicted octanol–water partition coefficient (Wildman–Crippen LogP) is 11.0. The molecule has 44 heavy (non-hydrogen) atoms. The molecule has 0 saturated carbocycles. The van der Waals surface area contributed by atoms with Gasteiger partial charge in [-0.3, -0.25) is 4.57 Å². The lowest BCUT2D eigenvalue weighted by Gasteiger charge is -2.13. The maximum Gasteiger partial charge on any atom is 0.235 e. The molecule has 0 aliphatic heterocycles. The zero-order chi connectivity index (χ0) is 29.0. The van der Waals surface area contributed by atoms with E-state index in [1.165, 1.54) is 42.1 Å². The van der Waals surface area contributed by atoms with Crippen molar-refractivity contribution >= 4 is 58.9 Å². The summed E-state index contributed by atoms with van der Waals surface area (Å²) in [7, 11) is 0. The highest BCUT2D eigenvalue weighted by molar-refractivity contribution is 7.26. The lowest BCUT2D eigenvalue weighted by molar-refractivity contribution is 0.978. The van der Waals surface area contributed by atoms with Gasteiger partial charge in [0.15, 0.2) is 0 Å². The number of nitrogens with zero attached hydrogens (tertiary/aromatic N) is 3. The highest BCUT2D eigenvalue weighted by Gasteiger charge is 2.21. The first-order valence-corrected chi connectivity index (χ1v) is 15.9. The smallest absolute Gasteiger partial charge is 0.235 e. The van der Waals surface area contributed by atoms with Crippen LogP contribution < -0.4 is 0 Å². The van der Waals surface area contributed by atoms with Crippen molar-refractivity contribution in [3.05, 3.63) is 145 Å². The summed E-state index contributed by atoms with van der Waals surface area (Å²) >= 11 is 1.87. The Balaban J connectivity index is 1.40. The van der Waals surface area contributed by atoms with Crippen molar-refractivity contribution in [2.24, 2.45) is 0 Å². The van der Waals surface area contributed by atoms with Crippen LogP contribution in [0.15, 0.2) is 140 Å². The summed E-state index contributed by atoms with van der Waals surface area (Å²) in [4.78, 5) is 10.6. The molecule has 0 N–H and O–H groups in total. The van der Waals surface area contributed by atoms with E-state index < -0.39 is 0 Å². The number of thiophene rings is 1. The molecule has 0 spiro atoms. The van der Waals surface area contributed by atoms with E-state index in [9.17, 15) is 0 Å². The van der Waals surface area contributed by atoms with E-state index in [1.54, 1.807) is 0 Å². The van der Waals surface area contributed by atoms with Gasteiger partial charge in [0.05, 0.1) is 22.4 Å². The Morgan fingerprint density at radius 2 is 1.32 bits per heavy atom. The minimum atomic E-state index is 0.687. The minimum absolute atomic E-state index is 0.687. The Bertz CT molecular complexity index is 2430. The Morgan fingerprint density at radius 3 is 2.14 bits per heavy atom.